The van der Waals surface area contributed by atoms with Gasteiger partial charge in [-0.3, -0.25) is 58.2 Å². The van der Waals surface area contributed by atoms with Gasteiger partial charge in [0.2, 0.25) is 45.1 Å². The monoisotopic (exact) mass is 1070 g/mol. The molecule has 26 nitrogen and oxygen atoms in total. The van der Waals surface area contributed by atoms with Gasteiger partial charge in [-0.1, -0.05) is 69.4 Å². The minimum atomic E-state index is -2.04. The highest BCUT2D eigenvalue weighted by molar-refractivity contribution is 6.68. The Labute approximate surface area is 424 Å². The second-order valence-electron chi connectivity index (χ2n) is 17.9. The van der Waals surface area contributed by atoms with Gasteiger partial charge in [0, 0.05) is 26.4 Å². The molecule has 1 aliphatic heterocycles. The summed E-state index contributed by atoms with van der Waals surface area (Å²) in [5, 5.41) is 52.9. The van der Waals surface area contributed by atoms with Crippen LogP contribution in [0.5, 0.6) is 0 Å². The van der Waals surface area contributed by atoms with Crippen molar-refractivity contribution in [1.29, 1.82) is 0 Å². The predicted molar refractivity (Wildman–Crippen MR) is 251 cm³/mol. The molecular weight excluding hydrogens is 1010 g/mol. The van der Waals surface area contributed by atoms with Gasteiger partial charge in [-0.25, -0.2) is 9.80 Å². The normalized spacial score (nSPS) is 16.7. The molecule has 0 aliphatic carbocycles. The third-order valence-corrected chi connectivity index (χ3v) is 12.0. The second-order valence-corrected chi connectivity index (χ2v) is 20.2. The van der Waals surface area contributed by atoms with Crippen LogP contribution in [0, 0.1) is 11.8 Å². The molecule has 1 heterocycles. The van der Waals surface area contributed by atoms with Crippen LogP contribution in [0.2, 0.25) is 0 Å². The smallest absolute Gasteiger partial charge is 0.429 e. The van der Waals surface area contributed by atoms with Crippen LogP contribution in [0.25, 0.3) is 0 Å². The molecule has 8 atom stereocenters. The third-order valence-electron chi connectivity index (χ3n) is 10.7. The molecule has 0 bridgehead atoms. The Morgan fingerprint density at radius 1 is 0.676 bits per heavy atom. The van der Waals surface area contributed by atoms with Gasteiger partial charge in [-0.15, -0.1) is 0 Å². The number of rotatable bonds is 26. The van der Waals surface area contributed by atoms with Crippen molar-refractivity contribution in [3.63, 3.8) is 0 Å². The number of carbonyl (C=O) groups excluding carboxylic acids is 9. The Balaban J connectivity index is 3.37. The van der Waals surface area contributed by atoms with Gasteiger partial charge in [0.05, 0.1) is 18.9 Å². The molecule has 0 aromatic carbocycles. The number of halogens is 3. The highest BCUT2D eigenvalue weighted by Crippen LogP contribution is 2.40. The number of likely N-dealkylation sites (tertiary alicyclic amines) is 1. The van der Waals surface area contributed by atoms with Crippen LogP contribution in [0.3, 0.4) is 0 Å². The number of ether oxygens (including phenoxy) is 1. The fraction of sp³-hybridized carbons (Fsp3) is 0.714. The molecule has 0 radical (unpaired) electrons. The summed E-state index contributed by atoms with van der Waals surface area (Å²) in [5.41, 5.74) is 0.841. The van der Waals surface area contributed by atoms with Crippen molar-refractivity contribution in [2.45, 2.75) is 165 Å². The highest BCUT2D eigenvalue weighted by Gasteiger charge is 2.46. The molecule has 402 valence electrons. The zero-order valence-corrected chi connectivity index (χ0v) is 43.0. The number of hydrogen-bond acceptors (Lipinski definition) is 14. The van der Waals surface area contributed by atoms with Gasteiger partial charge in [0.15, 0.2) is 5.60 Å². The minimum Gasteiger partial charge on any atom is -0.481 e. The van der Waals surface area contributed by atoms with Crippen molar-refractivity contribution in [2.75, 3.05) is 13.1 Å². The number of amides is 9. The lowest BCUT2D eigenvalue weighted by molar-refractivity contribution is -0.144. The van der Waals surface area contributed by atoms with Crippen molar-refractivity contribution in [3.05, 3.63) is 0 Å². The van der Waals surface area contributed by atoms with Gasteiger partial charge in [-0.2, -0.15) is 0 Å². The summed E-state index contributed by atoms with van der Waals surface area (Å²) in [4.78, 5) is 156. The minimum absolute atomic E-state index is 0.0273. The fourth-order valence-electron chi connectivity index (χ4n) is 6.73. The van der Waals surface area contributed by atoms with Crippen LogP contribution in [0.4, 0.5) is 4.79 Å². The van der Waals surface area contributed by atoms with Gasteiger partial charge >= 0.3 is 24.0 Å². The summed E-state index contributed by atoms with van der Waals surface area (Å²) >= 11 is 17.9. The highest BCUT2D eigenvalue weighted by atomic mass is 35.6. The SMILES string of the molecule is CCCN(NC(=O)[C@@H]1CCCN1C(=O)[C@@H](NC(=O)[C@@H](NC(=O)[C@H](CC(=O)O)NC(=O)[C@H](CCC(=O)O)NC(=O)[C@@H](NC(=O)[C@H](CC(=O)O)NC(C)=O)[C@@H](C)O)C(C)C)C(C)C)C(=O)OC(C)(C)C(Cl)(Cl)Cl. The lowest BCUT2D eigenvalue weighted by Gasteiger charge is -2.35. The number of aliphatic hydroxyl groups is 1. The number of nitrogens with zero attached hydrogens (tertiary/aromatic N) is 2. The number of aliphatic hydroxyl groups excluding tert-OH is 1. The molecule has 9 amide bonds. The van der Waals surface area contributed by atoms with Crippen LogP contribution in [0.1, 0.15) is 107 Å². The summed E-state index contributed by atoms with van der Waals surface area (Å²) in [6.45, 7) is 12.7. The van der Waals surface area contributed by atoms with E-state index in [1.54, 1.807) is 20.8 Å². The zero-order chi connectivity index (χ0) is 54.9. The summed E-state index contributed by atoms with van der Waals surface area (Å²) in [6, 6.07) is -11.5. The van der Waals surface area contributed by atoms with Crippen molar-refractivity contribution in [3.8, 4) is 0 Å². The number of carboxylic acids is 3. The van der Waals surface area contributed by atoms with E-state index in [-0.39, 0.29) is 19.5 Å². The number of aliphatic carboxylic acids is 3. The molecule has 71 heavy (non-hydrogen) atoms. The van der Waals surface area contributed by atoms with E-state index >= 15 is 0 Å². The molecule has 0 aromatic heterocycles. The molecule has 29 heteroatoms. The molecular formula is C42H66Cl3N9O17. The molecule has 1 fully saturated rings. The van der Waals surface area contributed by atoms with Crippen LogP contribution >= 0.6 is 34.8 Å². The first-order chi connectivity index (χ1) is 32.6. The Bertz CT molecular complexity index is 1970. The van der Waals surface area contributed by atoms with Gasteiger partial charge < -0.3 is 62.0 Å². The summed E-state index contributed by atoms with van der Waals surface area (Å²) in [7, 11) is 0. The van der Waals surface area contributed by atoms with E-state index in [2.05, 4.69) is 37.3 Å². The molecule has 0 unspecified atom stereocenters. The van der Waals surface area contributed by atoms with Crippen LogP contribution in [0.15, 0.2) is 0 Å². The lowest BCUT2D eigenvalue weighted by Crippen LogP contribution is -2.62. The zero-order valence-electron chi connectivity index (χ0n) is 40.8. The average molecular weight is 1080 g/mol. The van der Waals surface area contributed by atoms with E-state index in [0.717, 1.165) is 18.9 Å². The number of alkyl halides is 3. The van der Waals surface area contributed by atoms with Gasteiger partial charge in [-0.05, 0) is 58.3 Å². The Hall–Kier alpha value is -5.73. The molecule has 1 aliphatic rings. The van der Waals surface area contributed by atoms with Crippen molar-refractivity contribution in [1.82, 2.24) is 47.2 Å². The molecule has 11 N–H and O–H groups in total. The third kappa shape index (κ3) is 20.5. The summed E-state index contributed by atoms with van der Waals surface area (Å²) < 4.78 is 3.34. The Kier molecular flexibility index (Phi) is 25.3. The maximum atomic E-state index is 14.2. The van der Waals surface area contributed by atoms with Crippen LogP contribution < -0.4 is 37.3 Å². The van der Waals surface area contributed by atoms with Gasteiger partial charge in [0.25, 0.3) is 5.91 Å². The summed E-state index contributed by atoms with van der Waals surface area (Å²) in [5.74, 6) is -14.3. The van der Waals surface area contributed by atoms with E-state index < -0.39 is 167 Å². The fourth-order valence-corrected chi connectivity index (χ4v) is 6.84. The number of hydrazine groups is 1. The molecule has 0 aromatic rings. The first kappa shape index (κ1) is 63.3. The second kappa shape index (κ2) is 28.3. The van der Waals surface area contributed by atoms with E-state index in [1.807, 2.05) is 0 Å². The number of carbonyl (C=O) groups is 12. The number of hydrogen-bond donors (Lipinski definition) is 11. The predicted octanol–water partition coefficient (Wildman–Crippen LogP) is -0.558. The molecule has 0 saturated carbocycles. The number of nitrogens with one attached hydrogen (secondary N) is 7. The van der Waals surface area contributed by atoms with E-state index in [1.165, 1.54) is 32.6 Å². The van der Waals surface area contributed by atoms with E-state index in [9.17, 15) is 78.0 Å². The molecule has 0 spiro atoms. The molecule has 1 rings (SSSR count). The first-order valence-corrected chi connectivity index (χ1v) is 23.6. The number of carboxylic acid groups (broad SMARTS) is 3. The van der Waals surface area contributed by atoms with Crippen molar-refractivity contribution >= 4 is 106 Å². The first-order valence-electron chi connectivity index (χ1n) is 22.5. The lowest BCUT2D eigenvalue weighted by atomic mass is 9.98. The summed E-state index contributed by atoms with van der Waals surface area (Å²) in [6.07, 6.45) is -5.44. The Morgan fingerprint density at radius 2 is 1.14 bits per heavy atom. The maximum absolute atomic E-state index is 14.2. The van der Waals surface area contributed by atoms with Crippen molar-refractivity contribution in [2.24, 2.45) is 11.8 Å². The van der Waals surface area contributed by atoms with Crippen LogP contribution in [-0.4, -0.2) is 172 Å². The van der Waals surface area contributed by atoms with Crippen LogP contribution in [-0.2, 0) is 57.5 Å². The average Bonchev–Trinajstić information content (AvgIpc) is 3.73. The van der Waals surface area contributed by atoms with E-state index in [0.29, 0.717) is 12.8 Å². The van der Waals surface area contributed by atoms with Crippen molar-refractivity contribution < 1.29 is 82.7 Å². The van der Waals surface area contributed by atoms with Gasteiger partial charge in [0.1, 0.15) is 42.3 Å². The topological polar surface area (TPSA) is 386 Å². The standard InChI is InChI=1S/C42H66Cl3N9O17/c1-10-15-54(40(70)71-41(8,9)42(43,44)45)52-36(66)26-12-11-16-53(26)39(69)31(20(4)5)50-37(67)30(19(2)3)49-35(65)25(18-29(61)62)48-33(63)23(13-14-27(57)58)47-38(68)32(21(6)55)51-34(64)24(17-28(59)60)46-22(7)56/h19-21,23-26,30-32,55H,10-18H2,1-9H3,(H,46,56)(H,47,68)(H,48,63)(H,49,65)(H,50,67)(H,51,64)(H,52,66)(H,57,58)(H,59,60)(H,61,62)/t21-,23+,24+,25+,26+,30+,31+,32+/m1/s1. The Morgan fingerprint density at radius 3 is 1.59 bits per heavy atom. The quantitative estimate of drug-likeness (QED) is 0.0382. The maximum Gasteiger partial charge on any atom is 0.429 e. The molecule has 1 saturated heterocycles. The van der Waals surface area contributed by atoms with E-state index in [4.69, 9.17) is 39.5 Å². The largest absolute Gasteiger partial charge is 0.481 e.